The molecule has 7 nitrogen and oxygen atoms in total. The van der Waals surface area contributed by atoms with Crippen LogP contribution in [0.1, 0.15) is 19.2 Å². The van der Waals surface area contributed by atoms with E-state index < -0.39 is 0 Å². The van der Waals surface area contributed by atoms with Gasteiger partial charge in [-0.3, -0.25) is 4.79 Å². The second kappa shape index (κ2) is 6.85. The zero-order valence-corrected chi connectivity index (χ0v) is 10.3. The third-order valence-electron chi connectivity index (χ3n) is 2.09. The summed E-state index contributed by atoms with van der Waals surface area (Å²) in [5.41, 5.74) is 5.38. The fourth-order valence-electron chi connectivity index (χ4n) is 1.23. The van der Waals surface area contributed by atoms with Crippen molar-refractivity contribution in [1.29, 1.82) is 0 Å². The summed E-state index contributed by atoms with van der Waals surface area (Å²) in [6, 6.07) is 0.333. The molecule has 0 unspecified atom stereocenters. The molecule has 96 valence electrons. The number of nitrogens with one attached hydrogen (secondary N) is 1. The number of hydrogen-bond acceptors (Lipinski definition) is 6. The van der Waals surface area contributed by atoms with E-state index in [9.17, 15) is 4.79 Å². The molecule has 0 fully saturated rings. The Hall–Kier alpha value is -1.63. The molecule has 0 aliphatic carbocycles. The van der Waals surface area contributed by atoms with Crippen molar-refractivity contribution in [2.24, 2.45) is 5.73 Å². The maximum absolute atomic E-state index is 11.5. The third kappa shape index (κ3) is 4.39. The lowest BCUT2D eigenvalue weighted by atomic mass is 10.4. The molecular weight excluding hydrogens is 222 g/mol. The lowest BCUT2D eigenvalue weighted by molar-refractivity contribution is -0.119. The van der Waals surface area contributed by atoms with Gasteiger partial charge in [-0.15, -0.1) is 5.10 Å². The number of amides is 1. The first-order valence-electron chi connectivity index (χ1n) is 5.67. The fourth-order valence-corrected chi connectivity index (χ4v) is 1.23. The van der Waals surface area contributed by atoms with E-state index in [4.69, 9.17) is 10.2 Å². The Morgan fingerprint density at radius 2 is 2.29 bits per heavy atom. The lowest BCUT2D eigenvalue weighted by Crippen LogP contribution is -2.35. The summed E-state index contributed by atoms with van der Waals surface area (Å²) in [7, 11) is 1.73. The average Bonchev–Trinajstić information content (AvgIpc) is 2.75. The Labute approximate surface area is 100 Å². The predicted octanol–water partition coefficient (Wildman–Crippen LogP) is -0.467. The Morgan fingerprint density at radius 1 is 1.53 bits per heavy atom. The Balaban J connectivity index is 2.45. The summed E-state index contributed by atoms with van der Waals surface area (Å²) in [6.45, 7) is 3.34. The van der Waals surface area contributed by atoms with Crippen molar-refractivity contribution in [3.63, 3.8) is 0 Å². The molecular formula is C10H19N5O2. The normalized spacial score (nSPS) is 10.3. The largest absolute Gasteiger partial charge is 0.408 e. The van der Waals surface area contributed by atoms with Gasteiger partial charge in [0.05, 0.1) is 0 Å². The van der Waals surface area contributed by atoms with Crippen LogP contribution in [0.4, 0.5) is 6.01 Å². The quantitative estimate of drug-likeness (QED) is 0.670. The lowest BCUT2D eigenvalue weighted by Gasteiger charge is -2.13. The molecule has 0 saturated heterocycles. The molecule has 0 radical (unpaired) electrons. The van der Waals surface area contributed by atoms with Crippen LogP contribution in [0.2, 0.25) is 0 Å². The van der Waals surface area contributed by atoms with Gasteiger partial charge in [0, 0.05) is 26.6 Å². The number of nitrogens with zero attached hydrogens (tertiary/aromatic N) is 3. The monoisotopic (exact) mass is 241 g/mol. The highest BCUT2D eigenvalue weighted by Crippen LogP contribution is 2.09. The van der Waals surface area contributed by atoms with Gasteiger partial charge in [0.1, 0.15) is 6.54 Å². The van der Waals surface area contributed by atoms with Gasteiger partial charge in [-0.25, -0.2) is 0 Å². The van der Waals surface area contributed by atoms with E-state index in [0.717, 1.165) is 6.42 Å². The molecule has 0 aliphatic heterocycles. The summed E-state index contributed by atoms with van der Waals surface area (Å²) in [5.74, 6) is 0.427. The second-order valence-corrected chi connectivity index (χ2v) is 3.72. The summed E-state index contributed by atoms with van der Waals surface area (Å²) >= 11 is 0. The van der Waals surface area contributed by atoms with Crippen LogP contribution in [-0.4, -0.2) is 42.8 Å². The van der Waals surface area contributed by atoms with Crippen LogP contribution in [0.3, 0.4) is 0 Å². The summed E-state index contributed by atoms with van der Waals surface area (Å²) < 4.78 is 5.33. The molecule has 0 spiro atoms. The SMILES string of the molecule is CCCNC(=O)CN(C)c1nnc(CCN)o1. The van der Waals surface area contributed by atoms with Gasteiger partial charge >= 0.3 is 6.01 Å². The predicted molar refractivity (Wildman–Crippen MR) is 63.6 cm³/mol. The minimum absolute atomic E-state index is 0.0621. The summed E-state index contributed by atoms with van der Waals surface area (Å²) in [5, 5.41) is 10.4. The van der Waals surface area contributed by atoms with E-state index in [1.807, 2.05) is 6.92 Å². The minimum atomic E-state index is -0.0621. The van der Waals surface area contributed by atoms with Crippen LogP contribution < -0.4 is 16.0 Å². The van der Waals surface area contributed by atoms with Gasteiger partial charge in [-0.05, 0) is 6.42 Å². The number of anilines is 1. The van der Waals surface area contributed by atoms with Gasteiger partial charge < -0.3 is 20.4 Å². The first kappa shape index (κ1) is 13.4. The molecule has 0 bridgehead atoms. The van der Waals surface area contributed by atoms with E-state index >= 15 is 0 Å². The standard InChI is InChI=1S/C10H19N5O2/c1-3-6-12-8(16)7-15(2)10-14-13-9(17-10)4-5-11/h3-7,11H2,1-2H3,(H,12,16). The molecule has 3 N–H and O–H groups in total. The van der Waals surface area contributed by atoms with E-state index in [0.29, 0.717) is 31.4 Å². The topological polar surface area (TPSA) is 97.3 Å². The van der Waals surface area contributed by atoms with Crippen molar-refractivity contribution in [3.8, 4) is 0 Å². The number of nitrogens with two attached hydrogens (primary N) is 1. The van der Waals surface area contributed by atoms with Crippen LogP contribution in [0.25, 0.3) is 0 Å². The molecule has 1 rings (SSSR count). The number of likely N-dealkylation sites (N-methyl/N-ethyl adjacent to an activating group) is 1. The van der Waals surface area contributed by atoms with Crippen molar-refractivity contribution in [3.05, 3.63) is 5.89 Å². The third-order valence-corrected chi connectivity index (χ3v) is 2.09. The van der Waals surface area contributed by atoms with E-state index in [1.54, 1.807) is 11.9 Å². The van der Waals surface area contributed by atoms with Crippen LogP contribution in [0.5, 0.6) is 0 Å². The molecule has 1 amide bonds. The van der Waals surface area contributed by atoms with Crippen molar-refractivity contribution in [2.75, 3.05) is 31.6 Å². The molecule has 1 aromatic heterocycles. The van der Waals surface area contributed by atoms with Crippen LogP contribution in [-0.2, 0) is 11.2 Å². The maximum atomic E-state index is 11.5. The smallest absolute Gasteiger partial charge is 0.318 e. The minimum Gasteiger partial charge on any atom is -0.408 e. The average molecular weight is 241 g/mol. The van der Waals surface area contributed by atoms with Gasteiger partial charge in [0.15, 0.2) is 0 Å². The first-order valence-corrected chi connectivity index (χ1v) is 5.67. The van der Waals surface area contributed by atoms with Crippen LogP contribution >= 0.6 is 0 Å². The van der Waals surface area contributed by atoms with Crippen molar-refractivity contribution in [2.45, 2.75) is 19.8 Å². The molecule has 1 aromatic rings. The molecule has 0 atom stereocenters. The summed E-state index contributed by atoms with van der Waals surface area (Å²) in [6.07, 6.45) is 1.46. The van der Waals surface area contributed by atoms with Gasteiger partial charge in [0.25, 0.3) is 0 Å². The molecule has 0 aliphatic rings. The number of carbonyl (C=O) groups is 1. The zero-order chi connectivity index (χ0) is 12.7. The molecule has 0 aromatic carbocycles. The Morgan fingerprint density at radius 3 is 2.94 bits per heavy atom. The number of carbonyl (C=O) groups excluding carboxylic acids is 1. The second-order valence-electron chi connectivity index (χ2n) is 3.72. The molecule has 0 saturated carbocycles. The van der Waals surface area contributed by atoms with Gasteiger partial charge in [-0.1, -0.05) is 12.0 Å². The Kier molecular flexibility index (Phi) is 5.41. The molecule has 1 heterocycles. The highest BCUT2D eigenvalue weighted by atomic mass is 16.4. The summed E-state index contributed by atoms with van der Waals surface area (Å²) in [4.78, 5) is 13.1. The number of aromatic nitrogens is 2. The van der Waals surface area contributed by atoms with E-state index in [2.05, 4.69) is 15.5 Å². The van der Waals surface area contributed by atoms with Gasteiger partial charge in [0.2, 0.25) is 11.8 Å². The van der Waals surface area contributed by atoms with Gasteiger partial charge in [-0.2, -0.15) is 0 Å². The molecule has 17 heavy (non-hydrogen) atoms. The van der Waals surface area contributed by atoms with Crippen LogP contribution in [0, 0.1) is 0 Å². The number of hydrogen-bond donors (Lipinski definition) is 2. The zero-order valence-electron chi connectivity index (χ0n) is 10.3. The van der Waals surface area contributed by atoms with E-state index in [-0.39, 0.29) is 12.5 Å². The van der Waals surface area contributed by atoms with Crippen molar-refractivity contribution >= 4 is 11.9 Å². The highest BCUT2D eigenvalue weighted by molar-refractivity contribution is 5.80. The first-order chi connectivity index (χ1) is 8.17. The van der Waals surface area contributed by atoms with E-state index in [1.165, 1.54) is 0 Å². The fraction of sp³-hybridized carbons (Fsp3) is 0.700. The van der Waals surface area contributed by atoms with Crippen LogP contribution in [0.15, 0.2) is 4.42 Å². The molecule has 7 heteroatoms. The van der Waals surface area contributed by atoms with Crippen molar-refractivity contribution in [1.82, 2.24) is 15.5 Å². The Bertz CT molecular complexity index is 352. The van der Waals surface area contributed by atoms with Crippen molar-refractivity contribution < 1.29 is 9.21 Å². The maximum Gasteiger partial charge on any atom is 0.318 e. The number of rotatable bonds is 7. The highest BCUT2D eigenvalue weighted by Gasteiger charge is 2.13.